The molecule has 0 aromatic carbocycles. The van der Waals surface area contributed by atoms with E-state index in [1.54, 1.807) is 11.8 Å². The molecule has 0 saturated carbocycles. The van der Waals surface area contributed by atoms with Crippen LogP contribution in [0.4, 0.5) is 13.2 Å². The summed E-state index contributed by atoms with van der Waals surface area (Å²) in [7, 11) is 0. The van der Waals surface area contributed by atoms with Crippen LogP contribution in [-0.4, -0.2) is 35.0 Å². The van der Waals surface area contributed by atoms with Gasteiger partial charge < -0.3 is 10.6 Å². The Morgan fingerprint density at radius 2 is 2.36 bits per heavy atom. The molecular formula is C13H18F3N3OS2. The Hall–Kier alpha value is -0.800. The van der Waals surface area contributed by atoms with Crippen molar-refractivity contribution < 1.29 is 18.0 Å². The Labute approximate surface area is 135 Å². The van der Waals surface area contributed by atoms with Gasteiger partial charge in [-0.15, -0.1) is 11.3 Å². The molecule has 0 spiro atoms. The molecule has 2 N–H and O–H groups in total. The maximum atomic E-state index is 12.6. The molecule has 0 bridgehead atoms. The zero-order chi connectivity index (χ0) is 16.2. The van der Waals surface area contributed by atoms with E-state index < -0.39 is 17.9 Å². The lowest BCUT2D eigenvalue weighted by Gasteiger charge is -2.23. The summed E-state index contributed by atoms with van der Waals surface area (Å²) in [5.74, 6) is 1.75. The fraction of sp³-hybridized carbons (Fsp3) is 0.692. The van der Waals surface area contributed by atoms with Gasteiger partial charge in [0.05, 0.1) is 6.04 Å². The van der Waals surface area contributed by atoms with Crippen LogP contribution in [0.15, 0.2) is 5.38 Å². The summed E-state index contributed by atoms with van der Waals surface area (Å²) < 4.78 is 37.8. The van der Waals surface area contributed by atoms with E-state index in [0.29, 0.717) is 17.8 Å². The largest absolute Gasteiger partial charge is 0.434 e. The number of nitrogens with zero attached hydrogens (tertiary/aromatic N) is 1. The number of carbonyl (C=O) groups is 1. The molecule has 2 rings (SSSR count). The molecule has 1 aliphatic heterocycles. The summed E-state index contributed by atoms with van der Waals surface area (Å²) in [4.78, 5) is 15.7. The van der Waals surface area contributed by atoms with Crippen LogP contribution in [0.25, 0.3) is 0 Å². The van der Waals surface area contributed by atoms with Gasteiger partial charge in [0.2, 0.25) is 5.91 Å². The van der Waals surface area contributed by atoms with Gasteiger partial charge in [-0.05, 0) is 6.42 Å². The molecule has 1 amide bonds. The van der Waals surface area contributed by atoms with Crippen molar-refractivity contribution in [3.05, 3.63) is 16.1 Å². The second-order valence-corrected chi connectivity index (χ2v) is 7.07. The van der Waals surface area contributed by atoms with E-state index in [2.05, 4.69) is 15.6 Å². The van der Waals surface area contributed by atoms with E-state index in [1.165, 1.54) is 0 Å². The molecular weight excluding hydrogens is 335 g/mol. The van der Waals surface area contributed by atoms with Gasteiger partial charge in [0, 0.05) is 35.9 Å². The van der Waals surface area contributed by atoms with Crippen LogP contribution in [0.5, 0.6) is 0 Å². The van der Waals surface area contributed by atoms with Crippen LogP contribution in [-0.2, 0) is 11.0 Å². The van der Waals surface area contributed by atoms with Gasteiger partial charge in [0.1, 0.15) is 5.01 Å². The number of rotatable bonds is 5. The van der Waals surface area contributed by atoms with Crippen molar-refractivity contribution in [1.82, 2.24) is 15.6 Å². The van der Waals surface area contributed by atoms with Gasteiger partial charge >= 0.3 is 6.18 Å². The maximum absolute atomic E-state index is 12.6. The molecule has 1 aliphatic rings. The third-order valence-electron chi connectivity index (χ3n) is 3.28. The molecule has 0 radical (unpaired) electrons. The van der Waals surface area contributed by atoms with Gasteiger partial charge in [0.15, 0.2) is 5.69 Å². The van der Waals surface area contributed by atoms with Crippen molar-refractivity contribution in [1.29, 1.82) is 0 Å². The van der Waals surface area contributed by atoms with Gasteiger partial charge in [-0.1, -0.05) is 6.92 Å². The quantitative estimate of drug-likeness (QED) is 0.855. The van der Waals surface area contributed by atoms with Crippen molar-refractivity contribution in [3.63, 3.8) is 0 Å². The second kappa shape index (κ2) is 7.65. The molecule has 1 saturated heterocycles. The molecule has 1 aromatic heterocycles. The zero-order valence-corrected chi connectivity index (χ0v) is 13.7. The lowest BCUT2D eigenvalue weighted by Crippen LogP contribution is -2.41. The number of thioether (sulfide) groups is 1. The number of aromatic nitrogens is 1. The Morgan fingerprint density at radius 1 is 1.59 bits per heavy atom. The number of amides is 1. The van der Waals surface area contributed by atoms with Crippen LogP contribution in [0.1, 0.15) is 36.5 Å². The average molecular weight is 353 g/mol. The highest BCUT2D eigenvalue weighted by Gasteiger charge is 2.34. The zero-order valence-electron chi connectivity index (χ0n) is 12.1. The predicted molar refractivity (Wildman–Crippen MR) is 82.0 cm³/mol. The lowest BCUT2D eigenvalue weighted by molar-refractivity contribution is -0.140. The second-order valence-electron chi connectivity index (χ2n) is 5.03. The summed E-state index contributed by atoms with van der Waals surface area (Å²) in [5, 5.41) is 7.34. The molecule has 2 atom stereocenters. The Bertz CT molecular complexity index is 501. The standard InChI is InChI=1S/C13H18F3N3OS2/c1-2-9(12-19-10(7-22-12)13(14,15)16)18-11(20)5-8-6-21-4-3-17-8/h7-9,17H,2-6H2,1H3,(H,18,20). The van der Waals surface area contributed by atoms with Gasteiger partial charge in [0.25, 0.3) is 0 Å². The number of nitrogens with one attached hydrogen (secondary N) is 2. The minimum Gasteiger partial charge on any atom is -0.347 e. The number of carbonyl (C=O) groups excluding carboxylic acids is 1. The van der Waals surface area contributed by atoms with Gasteiger partial charge in [-0.25, -0.2) is 4.98 Å². The highest BCUT2D eigenvalue weighted by Crippen LogP contribution is 2.32. The summed E-state index contributed by atoms with van der Waals surface area (Å²) >= 11 is 2.73. The van der Waals surface area contributed by atoms with Crippen molar-refractivity contribution in [2.75, 3.05) is 18.1 Å². The Balaban J connectivity index is 1.93. The summed E-state index contributed by atoms with van der Waals surface area (Å²) in [5.41, 5.74) is -0.898. The number of alkyl halides is 3. The minimum atomic E-state index is -4.44. The Kier molecular flexibility index (Phi) is 6.10. The fourth-order valence-electron chi connectivity index (χ4n) is 2.14. The SMILES string of the molecule is CCC(NC(=O)CC1CSCCN1)c1nc(C(F)(F)F)cs1. The topological polar surface area (TPSA) is 54.0 Å². The van der Waals surface area contributed by atoms with Gasteiger partial charge in [-0.3, -0.25) is 4.79 Å². The number of thiazole rings is 1. The summed E-state index contributed by atoms with van der Waals surface area (Å²) in [6.45, 7) is 2.69. The number of halogens is 3. The van der Waals surface area contributed by atoms with Crippen LogP contribution in [0.3, 0.4) is 0 Å². The molecule has 4 nitrogen and oxygen atoms in total. The van der Waals surface area contributed by atoms with Crippen molar-refractivity contribution >= 4 is 29.0 Å². The monoisotopic (exact) mass is 353 g/mol. The van der Waals surface area contributed by atoms with E-state index in [9.17, 15) is 18.0 Å². The summed E-state index contributed by atoms with van der Waals surface area (Å²) in [6, 6.07) is -0.344. The van der Waals surface area contributed by atoms with Crippen molar-refractivity contribution in [2.45, 2.75) is 38.0 Å². The van der Waals surface area contributed by atoms with Crippen LogP contribution in [0, 0.1) is 0 Å². The first-order valence-electron chi connectivity index (χ1n) is 7.03. The van der Waals surface area contributed by atoms with E-state index in [1.807, 2.05) is 6.92 Å². The first-order valence-corrected chi connectivity index (χ1v) is 9.06. The lowest BCUT2D eigenvalue weighted by atomic mass is 10.2. The molecule has 124 valence electrons. The third kappa shape index (κ3) is 4.85. The normalized spacial score (nSPS) is 20.6. The van der Waals surface area contributed by atoms with Crippen molar-refractivity contribution in [3.8, 4) is 0 Å². The molecule has 1 fully saturated rings. The highest BCUT2D eigenvalue weighted by molar-refractivity contribution is 7.99. The maximum Gasteiger partial charge on any atom is 0.434 e. The van der Waals surface area contributed by atoms with Gasteiger partial charge in [-0.2, -0.15) is 24.9 Å². The third-order valence-corrected chi connectivity index (χ3v) is 5.37. The molecule has 22 heavy (non-hydrogen) atoms. The highest BCUT2D eigenvalue weighted by atomic mass is 32.2. The first kappa shape index (κ1) is 17.6. The van der Waals surface area contributed by atoms with E-state index in [-0.39, 0.29) is 11.9 Å². The molecule has 9 heteroatoms. The molecule has 2 heterocycles. The smallest absolute Gasteiger partial charge is 0.347 e. The minimum absolute atomic E-state index is 0.123. The first-order chi connectivity index (χ1) is 10.4. The summed E-state index contributed by atoms with van der Waals surface area (Å²) in [6.07, 6.45) is -3.61. The molecule has 0 aliphatic carbocycles. The number of hydrogen-bond acceptors (Lipinski definition) is 5. The van der Waals surface area contributed by atoms with Crippen LogP contribution < -0.4 is 10.6 Å². The fourth-order valence-corrected chi connectivity index (χ4v) is 4.05. The Morgan fingerprint density at radius 3 is 2.91 bits per heavy atom. The predicted octanol–water partition coefficient (Wildman–Crippen LogP) is 2.82. The average Bonchev–Trinajstić information content (AvgIpc) is 2.95. The van der Waals surface area contributed by atoms with Crippen LogP contribution in [0.2, 0.25) is 0 Å². The van der Waals surface area contributed by atoms with Crippen LogP contribution >= 0.6 is 23.1 Å². The van der Waals surface area contributed by atoms with E-state index in [0.717, 1.165) is 34.8 Å². The van der Waals surface area contributed by atoms with E-state index >= 15 is 0 Å². The van der Waals surface area contributed by atoms with Crippen molar-refractivity contribution in [2.24, 2.45) is 0 Å². The van der Waals surface area contributed by atoms with E-state index in [4.69, 9.17) is 0 Å². The molecule has 1 aromatic rings. The molecule has 2 unspecified atom stereocenters. The number of hydrogen-bond donors (Lipinski definition) is 2.